The molecule has 0 amide bonds. The number of piperidine rings is 1. The van der Waals surface area contributed by atoms with E-state index in [2.05, 4.69) is 39.6 Å². The molecule has 2 aliphatic rings. The topological polar surface area (TPSA) is 33.1 Å². The highest BCUT2D eigenvalue weighted by Gasteiger charge is 2.38. The molecule has 4 heteroatoms. The quantitative estimate of drug-likeness (QED) is 0.944. The molecule has 0 radical (unpaired) electrons. The third-order valence-corrected chi connectivity index (χ3v) is 5.29. The number of likely N-dealkylation sites (tertiary alicyclic amines) is 1. The summed E-state index contributed by atoms with van der Waals surface area (Å²) in [5.41, 5.74) is 3.13. The van der Waals surface area contributed by atoms with E-state index in [9.17, 15) is 0 Å². The summed E-state index contributed by atoms with van der Waals surface area (Å²) < 4.78 is 1.91. The van der Waals surface area contributed by atoms with E-state index in [0.29, 0.717) is 5.41 Å². The summed E-state index contributed by atoms with van der Waals surface area (Å²) in [5.74, 6) is 0. The Balaban J connectivity index is 1.39. The molecule has 0 saturated carbocycles. The van der Waals surface area contributed by atoms with Crippen LogP contribution in [0.5, 0.6) is 0 Å². The summed E-state index contributed by atoms with van der Waals surface area (Å²) in [6.45, 7) is 6.00. The first-order chi connectivity index (χ1) is 10.8. The van der Waals surface area contributed by atoms with Crippen molar-refractivity contribution in [3.8, 4) is 5.69 Å². The Labute approximate surface area is 132 Å². The molecule has 0 unspecified atom stereocenters. The van der Waals surface area contributed by atoms with Gasteiger partial charge in [0.15, 0.2) is 0 Å². The Morgan fingerprint density at radius 1 is 1.09 bits per heavy atom. The average molecular weight is 296 g/mol. The molecule has 116 valence electrons. The molecule has 1 spiro atoms. The fraction of sp³-hybridized carbons (Fsp3) is 0.500. The number of rotatable bonds is 3. The fourth-order valence-electron chi connectivity index (χ4n) is 3.96. The molecule has 3 heterocycles. The normalized spacial score (nSPS) is 21.5. The number of aromatic nitrogens is 2. The number of benzene rings is 1. The Morgan fingerprint density at radius 3 is 2.64 bits per heavy atom. The van der Waals surface area contributed by atoms with Gasteiger partial charge in [-0.05, 0) is 68.1 Å². The predicted octanol–water partition coefficient (Wildman–Crippen LogP) is 2.45. The molecule has 0 bridgehead atoms. The van der Waals surface area contributed by atoms with Crippen molar-refractivity contribution < 1.29 is 0 Å². The smallest absolute Gasteiger partial charge is 0.0645 e. The molecule has 4 nitrogen and oxygen atoms in total. The summed E-state index contributed by atoms with van der Waals surface area (Å²) in [4.78, 5) is 2.63. The van der Waals surface area contributed by atoms with Gasteiger partial charge in [0, 0.05) is 25.5 Å². The molecule has 1 aromatic carbocycles. The third kappa shape index (κ3) is 2.81. The van der Waals surface area contributed by atoms with Crippen molar-refractivity contribution in [3.05, 3.63) is 48.3 Å². The lowest BCUT2D eigenvalue weighted by atomic mass is 9.78. The highest BCUT2D eigenvalue weighted by atomic mass is 15.3. The maximum absolute atomic E-state index is 4.28. The maximum Gasteiger partial charge on any atom is 0.0645 e. The fourth-order valence-corrected chi connectivity index (χ4v) is 3.96. The summed E-state index contributed by atoms with van der Waals surface area (Å²) in [6.07, 6.45) is 7.87. The van der Waals surface area contributed by atoms with Crippen LogP contribution in [0.1, 0.15) is 24.8 Å². The van der Waals surface area contributed by atoms with Crippen molar-refractivity contribution in [2.24, 2.45) is 5.41 Å². The van der Waals surface area contributed by atoms with Crippen LogP contribution in [0, 0.1) is 5.41 Å². The van der Waals surface area contributed by atoms with Gasteiger partial charge in [-0.2, -0.15) is 5.10 Å². The second-order valence-electron chi connectivity index (χ2n) is 6.83. The average Bonchev–Trinajstić information content (AvgIpc) is 3.20. The molecule has 1 aromatic heterocycles. The predicted molar refractivity (Wildman–Crippen MR) is 88.0 cm³/mol. The zero-order chi connectivity index (χ0) is 14.8. The third-order valence-electron chi connectivity index (χ3n) is 5.29. The first kappa shape index (κ1) is 14.0. The zero-order valence-electron chi connectivity index (χ0n) is 13.0. The van der Waals surface area contributed by atoms with Crippen LogP contribution in [0.4, 0.5) is 0 Å². The van der Waals surface area contributed by atoms with Gasteiger partial charge in [0.05, 0.1) is 5.69 Å². The van der Waals surface area contributed by atoms with Crippen LogP contribution < -0.4 is 5.32 Å². The van der Waals surface area contributed by atoms with Crippen molar-refractivity contribution in [2.75, 3.05) is 26.2 Å². The summed E-state index contributed by atoms with van der Waals surface area (Å²) in [5, 5.41) is 7.77. The summed E-state index contributed by atoms with van der Waals surface area (Å²) in [7, 11) is 0. The van der Waals surface area contributed by atoms with Gasteiger partial charge in [-0.25, -0.2) is 4.68 Å². The second-order valence-corrected chi connectivity index (χ2v) is 6.83. The van der Waals surface area contributed by atoms with Crippen molar-refractivity contribution in [3.63, 3.8) is 0 Å². The lowest BCUT2D eigenvalue weighted by molar-refractivity contribution is 0.194. The highest BCUT2D eigenvalue weighted by Crippen LogP contribution is 2.38. The number of nitrogens with zero attached hydrogens (tertiary/aromatic N) is 3. The molecular weight excluding hydrogens is 272 g/mol. The van der Waals surface area contributed by atoms with Gasteiger partial charge in [-0.3, -0.25) is 4.90 Å². The van der Waals surface area contributed by atoms with Gasteiger partial charge in [0.1, 0.15) is 0 Å². The molecule has 4 rings (SSSR count). The van der Waals surface area contributed by atoms with E-state index >= 15 is 0 Å². The van der Waals surface area contributed by atoms with E-state index in [4.69, 9.17) is 0 Å². The summed E-state index contributed by atoms with van der Waals surface area (Å²) >= 11 is 0. The van der Waals surface area contributed by atoms with Gasteiger partial charge in [0.25, 0.3) is 0 Å². The van der Waals surface area contributed by atoms with Crippen molar-refractivity contribution in [1.29, 1.82) is 0 Å². The molecule has 2 fully saturated rings. The van der Waals surface area contributed by atoms with Gasteiger partial charge >= 0.3 is 0 Å². The maximum atomic E-state index is 4.28. The molecule has 2 saturated heterocycles. The molecule has 0 aliphatic carbocycles. The lowest BCUT2D eigenvalue weighted by Crippen LogP contribution is -2.38. The zero-order valence-corrected chi connectivity index (χ0v) is 13.0. The van der Waals surface area contributed by atoms with Crippen molar-refractivity contribution >= 4 is 0 Å². The van der Waals surface area contributed by atoms with Crippen LogP contribution >= 0.6 is 0 Å². The van der Waals surface area contributed by atoms with E-state index in [0.717, 1.165) is 12.2 Å². The molecule has 2 aromatic rings. The minimum absolute atomic E-state index is 0.597. The van der Waals surface area contributed by atoms with E-state index in [1.54, 1.807) is 0 Å². The standard InChI is InChI=1S/C18H24N4/c1-9-20-22(12-1)17-4-2-16(3-5-17)14-21-13-8-18(15-21)6-10-19-11-7-18/h1-5,9,12,19H,6-8,10-11,13-15H2. The van der Waals surface area contributed by atoms with Crippen molar-refractivity contribution in [2.45, 2.75) is 25.8 Å². The molecule has 2 aliphatic heterocycles. The molecule has 22 heavy (non-hydrogen) atoms. The van der Waals surface area contributed by atoms with Gasteiger partial charge in [0.2, 0.25) is 0 Å². The molecule has 1 N–H and O–H groups in total. The molecule has 0 atom stereocenters. The first-order valence-electron chi connectivity index (χ1n) is 8.35. The van der Waals surface area contributed by atoms with Gasteiger partial charge in [-0.15, -0.1) is 0 Å². The van der Waals surface area contributed by atoms with E-state index in [-0.39, 0.29) is 0 Å². The second kappa shape index (κ2) is 5.86. The number of nitrogens with one attached hydrogen (secondary N) is 1. The minimum Gasteiger partial charge on any atom is -0.317 e. The first-order valence-corrected chi connectivity index (χ1v) is 8.35. The Morgan fingerprint density at radius 2 is 1.91 bits per heavy atom. The van der Waals surface area contributed by atoms with Crippen LogP contribution in [-0.2, 0) is 6.54 Å². The van der Waals surface area contributed by atoms with Crippen LogP contribution in [0.15, 0.2) is 42.7 Å². The van der Waals surface area contributed by atoms with E-state index < -0.39 is 0 Å². The van der Waals surface area contributed by atoms with Crippen molar-refractivity contribution in [1.82, 2.24) is 20.0 Å². The molecular formula is C18H24N4. The number of hydrogen-bond donors (Lipinski definition) is 1. The van der Waals surface area contributed by atoms with Crippen LogP contribution in [-0.4, -0.2) is 40.9 Å². The van der Waals surface area contributed by atoms with Gasteiger partial charge in [-0.1, -0.05) is 12.1 Å². The lowest BCUT2D eigenvalue weighted by Gasteiger charge is -2.33. The Kier molecular flexibility index (Phi) is 3.72. The van der Waals surface area contributed by atoms with Gasteiger partial charge < -0.3 is 5.32 Å². The van der Waals surface area contributed by atoms with E-state index in [1.165, 1.54) is 51.0 Å². The Hall–Kier alpha value is -1.65. The minimum atomic E-state index is 0.597. The largest absolute Gasteiger partial charge is 0.317 e. The van der Waals surface area contributed by atoms with Crippen LogP contribution in [0.3, 0.4) is 0 Å². The Bertz CT molecular complexity index is 597. The SMILES string of the molecule is c1cnn(-c2ccc(CN3CCC4(CCNCC4)C3)cc2)c1. The highest BCUT2D eigenvalue weighted by molar-refractivity contribution is 5.33. The van der Waals surface area contributed by atoms with Crippen LogP contribution in [0.25, 0.3) is 5.69 Å². The number of hydrogen-bond acceptors (Lipinski definition) is 3. The summed E-state index contributed by atoms with van der Waals surface area (Å²) in [6, 6.07) is 10.8. The van der Waals surface area contributed by atoms with E-state index in [1.807, 2.05) is 23.1 Å². The monoisotopic (exact) mass is 296 g/mol. The van der Waals surface area contributed by atoms with Crippen LogP contribution in [0.2, 0.25) is 0 Å².